The molecular formula is C23H35KO7S. The summed E-state index contributed by atoms with van der Waals surface area (Å²) < 4.78 is 43.0. The van der Waals surface area contributed by atoms with E-state index in [2.05, 4.69) is 6.92 Å². The molecule has 0 heterocycles. The topological polar surface area (TPSA) is 110 Å². The molecule has 0 aliphatic carbocycles. The van der Waals surface area contributed by atoms with Crippen molar-refractivity contribution in [2.75, 3.05) is 13.2 Å². The van der Waals surface area contributed by atoms with Crippen LogP contribution in [0, 0.1) is 0 Å². The van der Waals surface area contributed by atoms with Gasteiger partial charge < -0.3 is 14.0 Å². The van der Waals surface area contributed by atoms with Gasteiger partial charge in [-0.3, -0.25) is 0 Å². The number of rotatable bonds is 16. The summed E-state index contributed by atoms with van der Waals surface area (Å²) in [6, 6.07) is 6.15. The first kappa shape index (κ1) is 31.7. The Hall–Kier alpha value is -0.294. The van der Waals surface area contributed by atoms with Gasteiger partial charge in [-0.2, -0.15) is 0 Å². The quantitative estimate of drug-likeness (QED) is 0.149. The van der Waals surface area contributed by atoms with Crippen LogP contribution in [-0.4, -0.2) is 43.4 Å². The Morgan fingerprint density at radius 2 is 1.28 bits per heavy atom. The molecule has 0 fully saturated rings. The summed E-state index contributed by atoms with van der Waals surface area (Å²) in [7, 11) is -4.43. The fraction of sp³-hybridized carbons (Fsp3) is 0.652. The smallest absolute Gasteiger partial charge is 0.748 e. The molecule has 0 spiro atoms. The Balaban J connectivity index is 0.00000961. The Bertz CT molecular complexity index is 780. The Kier molecular flexibility index (Phi) is 17.9. The molecule has 1 aromatic carbocycles. The van der Waals surface area contributed by atoms with Crippen LogP contribution in [0.3, 0.4) is 0 Å². The summed E-state index contributed by atoms with van der Waals surface area (Å²) in [6.07, 6.45) is 10.3. The molecule has 0 aliphatic rings. The SMILES string of the molecule is CCCCCCCCCCCOC(=O)c1ccccc1C(=O)OCCC(C)S(=O)(=O)[O-].[K+]. The van der Waals surface area contributed by atoms with Gasteiger partial charge in [-0.25, -0.2) is 18.0 Å². The molecule has 1 atom stereocenters. The zero-order valence-corrected chi connectivity index (χ0v) is 23.6. The molecule has 0 N–H and O–H groups in total. The van der Waals surface area contributed by atoms with Gasteiger partial charge in [0, 0.05) is 5.25 Å². The molecule has 9 heteroatoms. The maximum atomic E-state index is 12.4. The van der Waals surface area contributed by atoms with E-state index in [0.717, 1.165) is 19.3 Å². The fourth-order valence-electron chi connectivity index (χ4n) is 3.03. The van der Waals surface area contributed by atoms with Gasteiger partial charge in [0.25, 0.3) is 0 Å². The van der Waals surface area contributed by atoms with Gasteiger partial charge in [0.2, 0.25) is 0 Å². The first-order valence-corrected chi connectivity index (χ1v) is 12.6. The average Bonchev–Trinajstić information content (AvgIpc) is 2.74. The van der Waals surface area contributed by atoms with Crippen LogP contribution in [0.1, 0.15) is 98.8 Å². The van der Waals surface area contributed by atoms with Crippen LogP contribution in [0.2, 0.25) is 0 Å². The van der Waals surface area contributed by atoms with Crippen LogP contribution in [0.25, 0.3) is 0 Å². The zero-order chi connectivity index (χ0) is 23.1. The summed E-state index contributed by atoms with van der Waals surface area (Å²) in [6.45, 7) is 3.52. The van der Waals surface area contributed by atoms with E-state index >= 15 is 0 Å². The van der Waals surface area contributed by atoms with E-state index in [-0.39, 0.29) is 82.1 Å². The van der Waals surface area contributed by atoms with Gasteiger partial charge >= 0.3 is 63.3 Å². The van der Waals surface area contributed by atoms with Crippen molar-refractivity contribution in [3.8, 4) is 0 Å². The number of esters is 2. The molecule has 32 heavy (non-hydrogen) atoms. The standard InChI is InChI=1S/C23H36O7S.K/c1-3-4-5-6-7-8-9-10-13-17-29-22(24)20-14-11-12-15-21(20)23(25)30-18-16-19(2)31(26,27)28;/h11-12,14-15,19H,3-10,13,16-18H2,1-2H3,(H,26,27,28);/q;+1/p-1. The van der Waals surface area contributed by atoms with Crippen molar-refractivity contribution in [3.63, 3.8) is 0 Å². The van der Waals surface area contributed by atoms with Crippen molar-refractivity contribution < 1.29 is 83.4 Å². The fourth-order valence-corrected chi connectivity index (χ4v) is 3.42. The van der Waals surface area contributed by atoms with Crippen LogP contribution in [0.5, 0.6) is 0 Å². The maximum absolute atomic E-state index is 12.4. The van der Waals surface area contributed by atoms with Gasteiger partial charge in [-0.05, 0) is 31.9 Å². The minimum Gasteiger partial charge on any atom is -0.748 e. The summed E-state index contributed by atoms with van der Waals surface area (Å²) >= 11 is 0. The molecule has 0 saturated heterocycles. The van der Waals surface area contributed by atoms with Crippen LogP contribution < -0.4 is 51.4 Å². The van der Waals surface area contributed by atoms with Crippen molar-refractivity contribution in [3.05, 3.63) is 35.4 Å². The Morgan fingerprint density at radius 3 is 1.75 bits per heavy atom. The predicted octanol–water partition coefficient (Wildman–Crippen LogP) is 1.86. The number of unbranched alkanes of at least 4 members (excludes halogenated alkanes) is 8. The van der Waals surface area contributed by atoms with Gasteiger partial charge in [-0.1, -0.05) is 70.4 Å². The third-order valence-electron chi connectivity index (χ3n) is 5.10. The maximum Gasteiger partial charge on any atom is 1.00 e. The second-order valence-electron chi connectivity index (χ2n) is 7.74. The monoisotopic (exact) mass is 494 g/mol. The van der Waals surface area contributed by atoms with Crippen molar-refractivity contribution in [1.29, 1.82) is 0 Å². The van der Waals surface area contributed by atoms with Crippen molar-refractivity contribution in [1.82, 2.24) is 0 Å². The summed E-state index contributed by atoms with van der Waals surface area (Å²) in [5, 5.41) is -1.16. The molecule has 1 aromatic rings. The molecule has 0 aliphatic heterocycles. The third-order valence-corrected chi connectivity index (χ3v) is 6.32. The van der Waals surface area contributed by atoms with Crippen LogP contribution >= 0.6 is 0 Å². The molecule has 176 valence electrons. The molecule has 7 nitrogen and oxygen atoms in total. The van der Waals surface area contributed by atoms with Gasteiger partial charge in [-0.15, -0.1) is 0 Å². The van der Waals surface area contributed by atoms with E-state index in [0.29, 0.717) is 0 Å². The molecule has 0 bridgehead atoms. The molecule has 0 aromatic heterocycles. The van der Waals surface area contributed by atoms with E-state index in [9.17, 15) is 22.6 Å². The third kappa shape index (κ3) is 13.4. The van der Waals surface area contributed by atoms with E-state index < -0.39 is 27.3 Å². The van der Waals surface area contributed by atoms with Crippen molar-refractivity contribution in [2.45, 2.75) is 83.3 Å². The number of carbonyl (C=O) groups is 2. The molecule has 0 radical (unpaired) electrons. The molecular weight excluding hydrogens is 459 g/mol. The average molecular weight is 495 g/mol. The largest absolute Gasteiger partial charge is 1.00 e. The summed E-state index contributed by atoms with van der Waals surface area (Å²) in [5.41, 5.74) is 0.158. The van der Waals surface area contributed by atoms with E-state index in [1.807, 2.05) is 0 Å². The van der Waals surface area contributed by atoms with Crippen LogP contribution in [0.4, 0.5) is 0 Å². The van der Waals surface area contributed by atoms with Crippen molar-refractivity contribution >= 4 is 22.1 Å². The Morgan fingerprint density at radius 1 is 0.844 bits per heavy atom. The van der Waals surface area contributed by atoms with E-state index in [1.165, 1.54) is 57.6 Å². The molecule has 0 amide bonds. The number of carbonyl (C=O) groups excluding carboxylic acids is 2. The first-order chi connectivity index (χ1) is 14.8. The second-order valence-corrected chi connectivity index (χ2v) is 9.53. The summed E-state index contributed by atoms with van der Waals surface area (Å²) in [4.78, 5) is 24.7. The summed E-state index contributed by atoms with van der Waals surface area (Å²) in [5.74, 6) is -1.35. The van der Waals surface area contributed by atoms with Crippen LogP contribution in [-0.2, 0) is 19.6 Å². The second kappa shape index (κ2) is 18.1. The molecule has 1 rings (SSSR count). The number of ether oxygens (including phenoxy) is 2. The van der Waals surface area contributed by atoms with Crippen LogP contribution in [0.15, 0.2) is 24.3 Å². The number of hydrogen-bond donors (Lipinski definition) is 0. The molecule has 1 unspecified atom stereocenters. The van der Waals surface area contributed by atoms with Gasteiger partial charge in [0.1, 0.15) is 0 Å². The predicted molar refractivity (Wildman–Crippen MR) is 118 cm³/mol. The number of benzene rings is 1. The normalized spacial score (nSPS) is 12.0. The van der Waals surface area contributed by atoms with E-state index in [4.69, 9.17) is 9.47 Å². The van der Waals surface area contributed by atoms with Gasteiger partial charge in [0.05, 0.1) is 34.5 Å². The minimum atomic E-state index is -4.43. The first-order valence-electron chi connectivity index (χ1n) is 11.1. The molecule has 0 saturated carbocycles. The van der Waals surface area contributed by atoms with Crippen molar-refractivity contribution in [2.24, 2.45) is 0 Å². The van der Waals surface area contributed by atoms with E-state index in [1.54, 1.807) is 12.1 Å². The number of hydrogen-bond acceptors (Lipinski definition) is 7. The minimum absolute atomic E-state index is 0. The van der Waals surface area contributed by atoms with Gasteiger partial charge in [0.15, 0.2) is 0 Å². The zero-order valence-electron chi connectivity index (χ0n) is 19.6. The Labute approximate surface area is 235 Å².